The van der Waals surface area contributed by atoms with E-state index in [1.54, 1.807) is 6.07 Å². The van der Waals surface area contributed by atoms with Crippen LogP contribution in [-0.4, -0.2) is 41.6 Å². The molecule has 164 valence electrons. The average Bonchev–Trinajstić information content (AvgIpc) is 3.36. The third-order valence-electron chi connectivity index (χ3n) is 5.96. The van der Waals surface area contributed by atoms with Crippen LogP contribution < -0.4 is 5.32 Å². The van der Waals surface area contributed by atoms with E-state index < -0.39 is 11.7 Å². The molecule has 4 rings (SSSR count). The average molecular weight is 425 g/mol. The van der Waals surface area contributed by atoms with Crippen molar-refractivity contribution in [1.29, 1.82) is 0 Å². The first-order valence-corrected chi connectivity index (χ1v) is 10.8. The molecule has 0 bridgehead atoms. The zero-order chi connectivity index (χ0) is 22.3. The van der Waals surface area contributed by atoms with Gasteiger partial charge in [-0.3, -0.25) is 4.79 Å². The van der Waals surface area contributed by atoms with Gasteiger partial charge in [0.15, 0.2) is 0 Å². The van der Waals surface area contributed by atoms with Crippen molar-refractivity contribution in [2.45, 2.75) is 45.8 Å². The number of rotatable bonds is 4. The number of benzene rings is 2. The maximum Gasteiger partial charge on any atom is 0.407 e. The number of nitrogens with one attached hydrogen (secondary N) is 1. The molecule has 2 amide bonds. The fourth-order valence-electron chi connectivity index (χ4n) is 4.46. The van der Waals surface area contributed by atoms with Crippen molar-refractivity contribution in [2.75, 3.05) is 13.1 Å². The number of likely N-dealkylation sites (tertiary alicyclic amines) is 1. The van der Waals surface area contributed by atoms with Crippen LogP contribution in [0.3, 0.4) is 0 Å². The fraction of sp³-hybridized carbons (Fsp3) is 0.440. The van der Waals surface area contributed by atoms with Gasteiger partial charge in [-0.25, -0.2) is 9.18 Å². The number of hydrogen-bond acceptors (Lipinski definition) is 3. The Morgan fingerprint density at radius 2 is 1.97 bits per heavy atom. The van der Waals surface area contributed by atoms with Crippen LogP contribution in [0.2, 0.25) is 0 Å². The quantitative estimate of drug-likeness (QED) is 0.768. The van der Waals surface area contributed by atoms with Gasteiger partial charge in [-0.2, -0.15) is 0 Å². The van der Waals surface area contributed by atoms with Crippen LogP contribution in [0.25, 0.3) is 11.1 Å². The largest absolute Gasteiger partial charge is 0.444 e. The highest BCUT2D eigenvalue weighted by Crippen LogP contribution is 2.50. The number of ether oxygens (including phenoxy) is 1. The number of amides is 2. The summed E-state index contributed by atoms with van der Waals surface area (Å²) < 4.78 is 19.2. The Kier molecular flexibility index (Phi) is 5.50. The van der Waals surface area contributed by atoms with E-state index in [2.05, 4.69) is 5.32 Å². The molecule has 2 aromatic rings. The van der Waals surface area contributed by atoms with E-state index in [0.29, 0.717) is 36.1 Å². The van der Waals surface area contributed by atoms with Crippen LogP contribution in [0, 0.1) is 24.6 Å². The summed E-state index contributed by atoms with van der Waals surface area (Å²) in [4.78, 5) is 27.6. The molecule has 6 heteroatoms. The van der Waals surface area contributed by atoms with Crippen LogP contribution in [0.5, 0.6) is 0 Å². The van der Waals surface area contributed by atoms with Crippen LogP contribution in [0.15, 0.2) is 42.5 Å². The third-order valence-corrected chi connectivity index (χ3v) is 5.96. The van der Waals surface area contributed by atoms with E-state index in [1.807, 2.05) is 56.9 Å². The maximum atomic E-state index is 13.9. The first kappa shape index (κ1) is 21.3. The first-order valence-electron chi connectivity index (χ1n) is 10.8. The maximum absolute atomic E-state index is 13.9. The molecule has 2 fully saturated rings. The van der Waals surface area contributed by atoms with Crippen molar-refractivity contribution in [2.24, 2.45) is 11.8 Å². The van der Waals surface area contributed by atoms with Crippen molar-refractivity contribution in [3.05, 3.63) is 59.4 Å². The summed E-state index contributed by atoms with van der Waals surface area (Å²) >= 11 is 0. The van der Waals surface area contributed by atoms with E-state index in [9.17, 15) is 14.0 Å². The van der Waals surface area contributed by atoms with E-state index in [1.165, 1.54) is 12.1 Å². The number of halogens is 1. The zero-order valence-electron chi connectivity index (χ0n) is 18.4. The lowest BCUT2D eigenvalue weighted by atomic mass is 9.96. The van der Waals surface area contributed by atoms with Crippen molar-refractivity contribution in [1.82, 2.24) is 10.2 Å². The lowest BCUT2D eigenvalue weighted by molar-refractivity contribution is 0.0493. The normalized spacial score (nSPS) is 22.1. The Balaban J connectivity index is 1.56. The Hall–Kier alpha value is -2.89. The molecular formula is C25H29FN2O3. The molecule has 1 saturated carbocycles. The van der Waals surface area contributed by atoms with Gasteiger partial charge in [-0.05, 0) is 75.3 Å². The fourth-order valence-corrected chi connectivity index (χ4v) is 4.46. The van der Waals surface area contributed by atoms with E-state index in [-0.39, 0.29) is 17.8 Å². The topological polar surface area (TPSA) is 58.6 Å². The lowest BCUT2D eigenvalue weighted by Gasteiger charge is -2.29. The monoisotopic (exact) mass is 424 g/mol. The molecule has 5 nitrogen and oxygen atoms in total. The molecule has 2 aromatic carbocycles. The number of piperidine rings is 1. The summed E-state index contributed by atoms with van der Waals surface area (Å²) in [5.41, 5.74) is 2.39. The summed E-state index contributed by atoms with van der Waals surface area (Å²) in [6.07, 6.45) is 0.606. The number of aryl methyl sites for hydroxylation is 1. The van der Waals surface area contributed by atoms with Gasteiger partial charge in [-0.15, -0.1) is 0 Å². The molecule has 0 spiro atoms. The number of nitrogens with zero attached hydrogens (tertiary/aromatic N) is 1. The second-order valence-electron chi connectivity index (χ2n) is 9.63. The second-order valence-corrected chi connectivity index (χ2v) is 9.63. The van der Waals surface area contributed by atoms with Crippen LogP contribution in [0.1, 0.15) is 43.1 Å². The van der Waals surface area contributed by atoms with E-state index >= 15 is 0 Å². The van der Waals surface area contributed by atoms with Crippen molar-refractivity contribution in [3.8, 4) is 11.1 Å². The van der Waals surface area contributed by atoms with E-state index in [4.69, 9.17) is 4.74 Å². The van der Waals surface area contributed by atoms with E-state index in [0.717, 1.165) is 17.5 Å². The van der Waals surface area contributed by atoms with Gasteiger partial charge in [0, 0.05) is 18.7 Å². The molecule has 31 heavy (non-hydrogen) atoms. The minimum Gasteiger partial charge on any atom is -0.444 e. The standard InChI is InChI=1S/C25H29FN2O3/c1-15-8-9-19(20(10-15)16-6-5-7-18(26)11-16)23(29)28-14-17-12-21(17)22(28)13-27-24(30)31-25(2,3)4/h5-11,17,21-22H,12-14H2,1-4H3,(H,27,30)/t17-,21-,22-/m1/s1. The molecule has 1 saturated heterocycles. The summed E-state index contributed by atoms with van der Waals surface area (Å²) in [6.45, 7) is 8.46. The summed E-state index contributed by atoms with van der Waals surface area (Å²) in [5.74, 6) is 0.473. The summed E-state index contributed by atoms with van der Waals surface area (Å²) in [5, 5.41) is 2.83. The minimum atomic E-state index is -0.570. The van der Waals surface area contributed by atoms with Crippen LogP contribution in [-0.2, 0) is 4.74 Å². The highest BCUT2D eigenvalue weighted by Gasteiger charge is 2.54. The summed E-state index contributed by atoms with van der Waals surface area (Å²) in [7, 11) is 0. The number of carbonyl (C=O) groups excluding carboxylic acids is 2. The molecular weight excluding hydrogens is 395 g/mol. The second kappa shape index (κ2) is 7.98. The van der Waals surface area contributed by atoms with Gasteiger partial charge >= 0.3 is 6.09 Å². The van der Waals surface area contributed by atoms with Gasteiger partial charge in [0.25, 0.3) is 5.91 Å². The van der Waals surface area contributed by atoms with Crippen molar-refractivity contribution >= 4 is 12.0 Å². The van der Waals surface area contributed by atoms with Crippen LogP contribution in [0.4, 0.5) is 9.18 Å². The van der Waals surface area contributed by atoms with Crippen molar-refractivity contribution < 1.29 is 18.7 Å². The Bertz CT molecular complexity index is 1010. The zero-order valence-corrected chi connectivity index (χ0v) is 18.4. The van der Waals surface area contributed by atoms with Gasteiger partial charge < -0.3 is 15.0 Å². The molecule has 1 aliphatic carbocycles. The van der Waals surface area contributed by atoms with Crippen molar-refractivity contribution in [3.63, 3.8) is 0 Å². The van der Waals surface area contributed by atoms with Gasteiger partial charge in [0.1, 0.15) is 11.4 Å². The number of fused-ring (bicyclic) bond motifs is 1. The van der Waals surface area contributed by atoms with Crippen LogP contribution >= 0.6 is 0 Å². The van der Waals surface area contributed by atoms with Gasteiger partial charge in [0.2, 0.25) is 0 Å². The number of hydrogen-bond donors (Lipinski definition) is 1. The SMILES string of the molecule is Cc1ccc(C(=O)N2C[C@H]3C[C@H]3[C@H]2CNC(=O)OC(C)(C)C)c(-c2cccc(F)c2)c1. The molecule has 0 aromatic heterocycles. The van der Waals surface area contributed by atoms with Gasteiger partial charge in [0.05, 0.1) is 6.04 Å². The first-order chi connectivity index (χ1) is 14.6. The molecule has 0 unspecified atom stereocenters. The lowest BCUT2D eigenvalue weighted by Crippen LogP contribution is -2.46. The molecule has 1 N–H and O–H groups in total. The predicted molar refractivity (Wildman–Crippen MR) is 117 cm³/mol. The Labute approximate surface area is 182 Å². The molecule has 0 radical (unpaired) electrons. The van der Waals surface area contributed by atoms with Gasteiger partial charge in [-0.1, -0.05) is 29.8 Å². The Morgan fingerprint density at radius 1 is 1.19 bits per heavy atom. The molecule has 1 heterocycles. The highest BCUT2D eigenvalue weighted by molar-refractivity contribution is 6.01. The smallest absolute Gasteiger partial charge is 0.407 e. The Morgan fingerprint density at radius 3 is 2.68 bits per heavy atom. The number of alkyl carbamates (subject to hydrolysis) is 1. The third kappa shape index (κ3) is 4.73. The molecule has 2 aliphatic rings. The predicted octanol–water partition coefficient (Wildman–Crippen LogP) is 4.79. The minimum absolute atomic E-state index is 0.0633. The highest BCUT2D eigenvalue weighted by atomic mass is 19.1. The molecule has 3 atom stereocenters. The summed E-state index contributed by atoms with van der Waals surface area (Å²) in [6, 6.07) is 11.9. The number of carbonyl (C=O) groups is 2. The molecule has 1 aliphatic heterocycles.